The molecule has 0 fully saturated rings. The highest BCUT2D eigenvalue weighted by atomic mass is 15.6. The van der Waals surface area contributed by atoms with Gasteiger partial charge in [0.15, 0.2) is 5.82 Å². The molecule has 1 heterocycles. The third kappa shape index (κ3) is 3.37. The van der Waals surface area contributed by atoms with Gasteiger partial charge in [0, 0.05) is 6.42 Å². The molecule has 2 N–H and O–H groups in total. The van der Waals surface area contributed by atoms with Crippen LogP contribution in [0.25, 0.3) is 0 Å². The van der Waals surface area contributed by atoms with Crippen molar-refractivity contribution in [1.29, 1.82) is 0 Å². The van der Waals surface area contributed by atoms with Gasteiger partial charge in [0.05, 0.1) is 6.54 Å². The summed E-state index contributed by atoms with van der Waals surface area (Å²) in [5.41, 5.74) is 8.01. The minimum atomic E-state index is 0.553. The van der Waals surface area contributed by atoms with Gasteiger partial charge in [-0.05, 0) is 29.3 Å². The van der Waals surface area contributed by atoms with Crippen molar-refractivity contribution >= 4 is 0 Å². The average molecular weight is 245 g/mol. The third-order valence-electron chi connectivity index (χ3n) is 2.75. The second kappa shape index (κ2) is 6.26. The summed E-state index contributed by atoms with van der Waals surface area (Å²) < 4.78 is 0. The quantitative estimate of drug-likeness (QED) is 0.829. The van der Waals surface area contributed by atoms with Crippen molar-refractivity contribution in [3.05, 3.63) is 41.2 Å². The molecule has 0 aliphatic heterocycles. The van der Waals surface area contributed by atoms with Gasteiger partial charge in [0.1, 0.15) is 0 Å². The van der Waals surface area contributed by atoms with Crippen molar-refractivity contribution < 1.29 is 0 Å². The molecular weight excluding hydrogens is 226 g/mol. The Morgan fingerprint density at radius 1 is 1.11 bits per heavy atom. The molecule has 5 nitrogen and oxygen atoms in total. The third-order valence-corrected chi connectivity index (χ3v) is 2.75. The summed E-state index contributed by atoms with van der Waals surface area (Å²) in [6.07, 6.45) is 2.98. The molecule has 1 aromatic carbocycles. The van der Waals surface area contributed by atoms with Gasteiger partial charge in [-0.2, -0.15) is 4.80 Å². The van der Waals surface area contributed by atoms with Crippen LogP contribution >= 0.6 is 0 Å². The van der Waals surface area contributed by atoms with Gasteiger partial charge in [-0.15, -0.1) is 10.2 Å². The van der Waals surface area contributed by atoms with Crippen LogP contribution in [0.15, 0.2) is 24.3 Å². The van der Waals surface area contributed by atoms with Crippen LogP contribution < -0.4 is 5.73 Å². The smallest absolute Gasteiger partial charge is 0.176 e. The molecule has 0 aliphatic rings. The minimum absolute atomic E-state index is 0.553. The van der Waals surface area contributed by atoms with Crippen LogP contribution in [0, 0.1) is 0 Å². The molecule has 2 rings (SSSR count). The molecule has 5 heteroatoms. The number of benzene rings is 1. The Bertz CT molecular complexity index is 474. The van der Waals surface area contributed by atoms with Gasteiger partial charge in [-0.25, -0.2) is 0 Å². The molecule has 0 saturated carbocycles. The highest BCUT2D eigenvalue weighted by Gasteiger charge is 2.02. The van der Waals surface area contributed by atoms with E-state index in [0.29, 0.717) is 25.3 Å². The van der Waals surface area contributed by atoms with E-state index in [1.165, 1.54) is 17.5 Å². The van der Waals surface area contributed by atoms with Crippen molar-refractivity contribution in [3.8, 4) is 0 Å². The molecule has 0 unspecified atom stereocenters. The lowest BCUT2D eigenvalue weighted by Gasteiger charge is -2.02. The summed E-state index contributed by atoms with van der Waals surface area (Å²) in [6.45, 7) is 3.40. The standard InChI is InChI=1S/C13H19N5/c1-2-3-11-4-6-12(7-5-11)10-18-16-13(8-9-14)15-17-18/h4-7H,2-3,8-10,14H2,1H3. The van der Waals surface area contributed by atoms with Crippen LogP contribution in [0.5, 0.6) is 0 Å². The summed E-state index contributed by atoms with van der Waals surface area (Å²) in [7, 11) is 0. The number of aromatic nitrogens is 4. The first kappa shape index (κ1) is 12.7. The molecule has 0 saturated heterocycles. The van der Waals surface area contributed by atoms with E-state index in [1.54, 1.807) is 4.80 Å². The largest absolute Gasteiger partial charge is 0.330 e. The van der Waals surface area contributed by atoms with Gasteiger partial charge < -0.3 is 5.73 Å². The van der Waals surface area contributed by atoms with Crippen LogP contribution in [0.2, 0.25) is 0 Å². The molecule has 0 amide bonds. The fourth-order valence-corrected chi connectivity index (χ4v) is 1.84. The monoisotopic (exact) mass is 245 g/mol. The molecule has 0 bridgehead atoms. The lowest BCUT2D eigenvalue weighted by atomic mass is 10.1. The summed E-state index contributed by atoms with van der Waals surface area (Å²) in [4.78, 5) is 1.61. The van der Waals surface area contributed by atoms with Gasteiger partial charge in [0.2, 0.25) is 0 Å². The first-order valence-electron chi connectivity index (χ1n) is 6.36. The Balaban J connectivity index is 1.99. The number of rotatable bonds is 6. The molecule has 2 aromatic rings. The number of hydrogen-bond acceptors (Lipinski definition) is 4. The Morgan fingerprint density at radius 3 is 2.50 bits per heavy atom. The number of nitrogens with zero attached hydrogens (tertiary/aromatic N) is 4. The van der Waals surface area contributed by atoms with E-state index in [2.05, 4.69) is 46.6 Å². The lowest BCUT2D eigenvalue weighted by molar-refractivity contribution is 0.570. The number of aryl methyl sites for hydroxylation is 1. The SMILES string of the molecule is CCCc1ccc(Cn2nnc(CCN)n2)cc1. The maximum Gasteiger partial charge on any atom is 0.176 e. The fraction of sp³-hybridized carbons (Fsp3) is 0.462. The van der Waals surface area contributed by atoms with E-state index in [4.69, 9.17) is 5.73 Å². The summed E-state index contributed by atoms with van der Waals surface area (Å²) in [5, 5.41) is 12.2. The lowest BCUT2D eigenvalue weighted by Crippen LogP contribution is -2.06. The second-order valence-corrected chi connectivity index (χ2v) is 4.34. The van der Waals surface area contributed by atoms with Crippen molar-refractivity contribution in [1.82, 2.24) is 20.2 Å². The topological polar surface area (TPSA) is 69.6 Å². The van der Waals surface area contributed by atoms with E-state index in [9.17, 15) is 0 Å². The maximum absolute atomic E-state index is 5.45. The number of nitrogens with two attached hydrogens (primary N) is 1. The first-order chi connectivity index (χ1) is 8.81. The molecule has 0 aliphatic carbocycles. The predicted molar refractivity (Wildman–Crippen MR) is 70.1 cm³/mol. The summed E-state index contributed by atoms with van der Waals surface area (Å²) in [6, 6.07) is 8.57. The van der Waals surface area contributed by atoms with E-state index in [-0.39, 0.29) is 0 Å². The van der Waals surface area contributed by atoms with E-state index in [1.807, 2.05) is 0 Å². The number of tetrazole rings is 1. The van der Waals surface area contributed by atoms with Crippen LogP contribution in [0.3, 0.4) is 0 Å². The number of hydrogen-bond donors (Lipinski definition) is 1. The normalized spacial score (nSPS) is 10.8. The highest BCUT2D eigenvalue weighted by Crippen LogP contribution is 2.07. The Morgan fingerprint density at radius 2 is 1.83 bits per heavy atom. The van der Waals surface area contributed by atoms with Crippen molar-refractivity contribution in [2.24, 2.45) is 5.73 Å². The molecular formula is C13H19N5. The van der Waals surface area contributed by atoms with E-state index in [0.717, 1.165) is 6.42 Å². The van der Waals surface area contributed by atoms with Gasteiger partial charge in [0.25, 0.3) is 0 Å². The van der Waals surface area contributed by atoms with Gasteiger partial charge in [-0.3, -0.25) is 0 Å². The van der Waals surface area contributed by atoms with Crippen LogP contribution in [-0.2, 0) is 19.4 Å². The highest BCUT2D eigenvalue weighted by molar-refractivity contribution is 5.22. The van der Waals surface area contributed by atoms with Crippen LogP contribution in [-0.4, -0.2) is 26.8 Å². The van der Waals surface area contributed by atoms with E-state index >= 15 is 0 Å². The molecule has 0 spiro atoms. The van der Waals surface area contributed by atoms with Crippen molar-refractivity contribution in [2.75, 3.05) is 6.54 Å². The van der Waals surface area contributed by atoms with Gasteiger partial charge >= 0.3 is 0 Å². The van der Waals surface area contributed by atoms with Crippen LogP contribution in [0.1, 0.15) is 30.3 Å². The molecule has 96 valence electrons. The predicted octanol–water partition coefficient (Wildman–Crippen LogP) is 1.18. The van der Waals surface area contributed by atoms with Crippen molar-refractivity contribution in [3.63, 3.8) is 0 Å². The fourth-order valence-electron chi connectivity index (χ4n) is 1.84. The zero-order valence-electron chi connectivity index (χ0n) is 10.7. The first-order valence-corrected chi connectivity index (χ1v) is 6.36. The Labute approximate surface area is 107 Å². The summed E-state index contributed by atoms with van der Waals surface area (Å²) >= 11 is 0. The van der Waals surface area contributed by atoms with Gasteiger partial charge in [-0.1, -0.05) is 37.6 Å². The maximum atomic E-state index is 5.45. The average Bonchev–Trinajstić information content (AvgIpc) is 2.80. The molecule has 18 heavy (non-hydrogen) atoms. The second-order valence-electron chi connectivity index (χ2n) is 4.34. The zero-order valence-corrected chi connectivity index (χ0v) is 10.7. The molecule has 0 radical (unpaired) electrons. The summed E-state index contributed by atoms with van der Waals surface area (Å²) in [5.74, 6) is 0.708. The molecule has 0 atom stereocenters. The zero-order chi connectivity index (χ0) is 12.8. The Hall–Kier alpha value is -1.75. The Kier molecular flexibility index (Phi) is 4.41. The molecule has 1 aromatic heterocycles. The van der Waals surface area contributed by atoms with E-state index < -0.39 is 0 Å². The van der Waals surface area contributed by atoms with Crippen molar-refractivity contribution in [2.45, 2.75) is 32.7 Å². The van der Waals surface area contributed by atoms with Crippen LogP contribution in [0.4, 0.5) is 0 Å². The minimum Gasteiger partial charge on any atom is -0.330 e.